The minimum absolute atomic E-state index is 0.204. The number of para-hydroxylation sites is 1. The van der Waals surface area contributed by atoms with E-state index < -0.39 is 27.3 Å². The molecule has 5 nitrogen and oxygen atoms in total. The fourth-order valence-corrected chi connectivity index (χ4v) is 3.50. The summed E-state index contributed by atoms with van der Waals surface area (Å²) >= 11 is 0. The Morgan fingerprint density at radius 1 is 1.21 bits per heavy atom. The number of sulfonamides is 1. The van der Waals surface area contributed by atoms with Crippen LogP contribution in [0.15, 0.2) is 58.3 Å². The molecule has 0 unspecified atom stereocenters. The van der Waals surface area contributed by atoms with Crippen LogP contribution >= 0.6 is 0 Å². The highest BCUT2D eigenvalue weighted by Crippen LogP contribution is 2.34. The second-order valence-electron chi connectivity index (χ2n) is 5.31. The highest BCUT2D eigenvalue weighted by molar-refractivity contribution is 7.89. The number of nitrogens with one attached hydrogen (secondary N) is 1. The SMILES string of the molecule is Cn1ccc([C@H](NS(=O)(=O)c2cc3ccccc3o2)C(F)(F)F)c1. The van der Waals surface area contributed by atoms with E-state index in [4.69, 9.17) is 4.42 Å². The molecular formula is C15H13F3N2O3S. The van der Waals surface area contributed by atoms with Crippen LogP contribution in [-0.4, -0.2) is 19.2 Å². The van der Waals surface area contributed by atoms with Crippen molar-refractivity contribution in [3.63, 3.8) is 0 Å². The smallest absolute Gasteiger partial charge is 0.408 e. The predicted molar refractivity (Wildman–Crippen MR) is 80.7 cm³/mol. The lowest BCUT2D eigenvalue weighted by atomic mass is 10.1. The Balaban J connectivity index is 1.99. The molecule has 128 valence electrons. The zero-order valence-corrected chi connectivity index (χ0v) is 13.2. The van der Waals surface area contributed by atoms with Gasteiger partial charge < -0.3 is 8.98 Å². The Kier molecular flexibility index (Phi) is 3.92. The van der Waals surface area contributed by atoms with Crippen molar-refractivity contribution in [2.45, 2.75) is 17.3 Å². The molecule has 0 bridgehead atoms. The first-order valence-corrected chi connectivity index (χ1v) is 8.34. The summed E-state index contributed by atoms with van der Waals surface area (Å²) in [5.41, 5.74) is 0.0748. The fourth-order valence-electron chi connectivity index (χ4n) is 2.32. The lowest BCUT2D eigenvalue weighted by molar-refractivity contribution is -0.153. The number of hydrogen-bond acceptors (Lipinski definition) is 3. The van der Waals surface area contributed by atoms with Crippen molar-refractivity contribution in [3.05, 3.63) is 54.4 Å². The summed E-state index contributed by atoms with van der Waals surface area (Å²) in [6, 6.07) is 6.48. The van der Waals surface area contributed by atoms with Gasteiger partial charge in [-0.15, -0.1) is 0 Å². The number of rotatable bonds is 4. The van der Waals surface area contributed by atoms with Crippen LogP contribution in [0.25, 0.3) is 11.0 Å². The van der Waals surface area contributed by atoms with Crippen LogP contribution in [0.3, 0.4) is 0 Å². The van der Waals surface area contributed by atoms with Gasteiger partial charge >= 0.3 is 6.18 Å². The molecule has 0 saturated heterocycles. The van der Waals surface area contributed by atoms with Gasteiger partial charge in [-0.3, -0.25) is 0 Å². The molecule has 1 N–H and O–H groups in total. The van der Waals surface area contributed by atoms with Crippen LogP contribution in [0.5, 0.6) is 0 Å². The Labute approximate surface area is 135 Å². The number of benzene rings is 1. The first-order valence-electron chi connectivity index (χ1n) is 6.86. The van der Waals surface area contributed by atoms with Crippen LogP contribution in [-0.2, 0) is 17.1 Å². The van der Waals surface area contributed by atoms with Gasteiger partial charge in [-0.05, 0) is 17.7 Å². The molecule has 0 radical (unpaired) electrons. The maximum Gasteiger partial charge on any atom is 0.408 e. The molecule has 1 aromatic carbocycles. The second-order valence-corrected chi connectivity index (χ2v) is 6.95. The average molecular weight is 358 g/mol. The summed E-state index contributed by atoms with van der Waals surface area (Å²) in [4.78, 5) is 0. The number of fused-ring (bicyclic) bond motifs is 1. The summed E-state index contributed by atoms with van der Waals surface area (Å²) in [6.45, 7) is 0. The summed E-state index contributed by atoms with van der Waals surface area (Å²) in [7, 11) is -2.94. The van der Waals surface area contributed by atoms with Gasteiger partial charge in [-0.1, -0.05) is 18.2 Å². The number of aryl methyl sites for hydroxylation is 1. The van der Waals surface area contributed by atoms with Crippen LogP contribution < -0.4 is 4.72 Å². The third kappa shape index (κ3) is 3.17. The molecule has 3 rings (SSSR count). The minimum atomic E-state index is -4.79. The van der Waals surface area contributed by atoms with E-state index in [1.54, 1.807) is 30.0 Å². The van der Waals surface area contributed by atoms with Gasteiger partial charge in [0, 0.05) is 30.9 Å². The van der Waals surface area contributed by atoms with E-state index in [1.165, 1.54) is 35.2 Å². The zero-order valence-electron chi connectivity index (χ0n) is 12.4. The fraction of sp³-hybridized carbons (Fsp3) is 0.200. The average Bonchev–Trinajstić information content (AvgIpc) is 3.10. The third-order valence-corrected chi connectivity index (χ3v) is 4.73. The van der Waals surface area contributed by atoms with Crippen molar-refractivity contribution in [1.82, 2.24) is 9.29 Å². The number of nitrogens with zero attached hydrogens (tertiary/aromatic N) is 1. The maximum absolute atomic E-state index is 13.3. The normalized spacial score (nSPS) is 14.2. The van der Waals surface area contributed by atoms with Gasteiger partial charge in [0.15, 0.2) is 0 Å². The van der Waals surface area contributed by atoms with Crippen molar-refractivity contribution in [2.75, 3.05) is 0 Å². The van der Waals surface area contributed by atoms with Crippen LogP contribution in [0.2, 0.25) is 0 Å². The molecule has 0 fully saturated rings. The molecule has 1 atom stereocenters. The number of hydrogen-bond donors (Lipinski definition) is 1. The lowest BCUT2D eigenvalue weighted by Gasteiger charge is -2.20. The molecule has 2 heterocycles. The highest BCUT2D eigenvalue weighted by atomic mass is 32.2. The third-order valence-electron chi connectivity index (χ3n) is 3.46. The summed E-state index contributed by atoms with van der Waals surface area (Å²) in [5, 5.41) is -0.0741. The van der Waals surface area contributed by atoms with E-state index in [9.17, 15) is 21.6 Å². The number of halogens is 3. The molecule has 24 heavy (non-hydrogen) atoms. The van der Waals surface area contributed by atoms with Crippen molar-refractivity contribution >= 4 is 21.0 Å². The van der Waals surface area contributed by atoms with Gasteiger partial charge in [0.1, 0.15) is 11.6 Å². The van der Waals surface area contributed by atoms with E-state index in [2.05, 4.69) is 0 Å². The van der Waals surface area contributed by atoms with Gasteiger partial charge in [0.2, 0.25) is 5.09 Å². The molecule has 3 aromatic rings. The van der Waals surface area contributed by atoms with Gasteiger partial charge in [0.05, 0.1) is 0 Å². The molecule has 0 aliphatic rings. The van der Waals surface area contributed by atoms with Gasteiger partial charge in [-0.2, -0.15) is 17.9 Å². The molecule has 0 aliphatic heterocycles. The second kappa shape index (κ2) is 5.67. The number of furan rings is 1. The van der Waals surface area contributed by atoms with E-state index in [1.807, 2.05) is 0 Å². The topological polar surface area (TPSA) is 64.2 Å². The molecule has 0 amide bonds. The predicted octanol–water partition coefficient (Wildman–Crippen LogP) is 3.35. The molecule has 0 saturated carbocycles. The maximum atomic E-state index is 13.3. The monoisotopic (exact) mass is 358 g/mol. The van der Waals surface area contributed by atoms with E-state index in [0.29, 0.717) is 5.39 Å². The van der Waals surface area contributed by atoms with Gasteiger partial charge in [0.25, 0.3) is 10.0 Å². The minimum Gasteiger partial charge on any atom is -0.443 e. The first-order chi connectivity index (χ1) is 11.2. The summed E-state index contributed by atoms with van der Waals surface area (Å²) in [5.74, 6) is 0. The van der Waals surface area contributed by atoms with E-state index in [0.717, 1.165) is 0 Å². The molecule has 0 spiro atoms. The van der Waals surface area contributed by atoms with Crippen molar-refractivity contribution in [3.8, 4) is 0 Å². The highest BCUT2D eigenvalue weighted by Gasteiger charge is 2.44. The Morgan fingerprint density at radius 3 is 2.50 bits per heavy atom. The van der Waals surface area contributed by atoms with E-state index >= 15 is 0 Å². The molecule has 2 aromatic heterocycles. The Hall–Kier alpha value is -2.26. The number of aromatic nitrogens is 1. The number of alkyl halides is 3. The summed E-state index contributed by atoms with van der Waals surface area (Å²) < 4.78 is 72.8. The first kappa shape index (κ1) is 16.6. The van der Waals surface area contributed by atoms with Crippen LogP contribution in [0.1, 0.15) is 11.6 Å². The van der Waals surface area contributed by atoms with Crippen LogP contribution in [0, 0.1) is 0 Å². The van der Waals surface area contributed by atoms with Crippen molar-refractivity contribution in [2.24, 2.45) is 7.05 Å². The van der Waals surface area contributed by atoms with Crippen LogP contribution in [0.4, 0.5) is 13.2 Å². The zero-order chi connectivity index (χ0) is 17.5. The van der Waals surface area contributed by atoms with Gasteiger partial charge in [-0.25, -0.2) is 8.42 Å². The Morgan fingerprint density at radius 2 is 1.92 bits per heavy atom. The molecule has 9 heteroatoms. The summed E-state index contributed by atoms with van der Waals surface area (Å²) in [6.07, 6.45) is -2.18. The largest absolute Gasteiger partial charge is 0.443 e. The van der Waals surface area contributed by atoms with Crippen molar-refractivity contribution < 1.29 is 26.0 Å². The molecule has 0 aliphatic carbocycles. The lowest BCUT2D eigenvalue weighted by Crippen LogP contribution is -2.37. The Bertz CT molecular complexity index is 940. The molecular weight excluding hydrogens is 345 g/mol. The van der Waals surface area contributed by atoms with Crippen molar-refractivity contribution in [1.29, 1.82) is 0 Å². The quantitative estimate of drug-likeness (QED) is 0.778. The standard InChI is InChI=1S/C15H13F3N2O3S/c1-20-7-6-11(9-20)14(15(16,17)18)19-24(21,22)13-8-10-4-2-3-5-12(10)23-13/h2-9,14,19H,1H3/t14-/m0/s1. The van der Waals surface area contributed by atoms with E-state index in [-0.39, 0.29) is 11.1 Å².